The summed E-state index contributed by atoms with van der Waals surface area (Å²) in [5.74, 6) is 0.347. The van der Waals surface area contributed by atoms with E-state index in [1.165, 1.54) is 0 Å². The molecule has 0 heterocycles. The lowest BCUT2D eigenvalue weighted by atomic mass is 10.4. The molecule has 0 aliphatic heterocycles. The van der Waals surface area contributed by atoms with Gasteiger partial charge in [-0.3, -0.25) is 0 Å². The summed E-state index contributed by atoms with van der Waals surface area (Å²) in [6, 6.07) is 0. The van der Waals surface area contributed by atoms with E-state index in [0.29, 0.717) is 12.5 Å². The molecule has 2 nitrogen and oxygen atoms in total. The van der Waals surface area contributed by atoms with Gasteiger partial charge in [0.05, 0.1) is 6.61 Å². The van der Waals surface area contributed by atoms with Crippen molar-refractivity contribution >= 4 is 11.6 Å². The van der Waals surface area contributed by atoms with E-state index in [0.717, 1.165) is 12.8 Å². The number of unbranched alkanes of at least 4 members (excludes halogenated alkanes) is 1. The van der Waals surface area contributed by atoms with Crippen molar-refractivity contribution in [3.63, 3.8) is 0 Å². The van der Waals surface area contributed by atoms with Gasteiger partial charge in [-0.1, -0.05) is 13.3 Å². The average Bonchev–Trinajstić information content (AvgIpc) is 1.91. The van der Waals surface area contributed by atoms with Gasteiger partial charge >= 0.3 is 0 Å². The number of hydrogen-bond acceptors (Lipinski definition) is 2. The van der Waals surface area contributed by atoms with Crippen LogP contribution in [0.3, 0.4) is 0 Å². The van der Waals surface area contributed by atoms with E-state index in [2.05, 4.69) is 6.92 Å². The Morgan fingerprint density at radius 1 is 1.22 bits per heavy atom. The number of aliphatic hydroxyl groups excluding tert-OH is 2. The largest absolute Gasteiger partial charge is 0.396 e. The zero-order valence-electron chi connectivity index (χ0n) is 5.81. The van der Waals surface area contributed by atoms with Crippen LogP contribution in [0.4, 0.5) is 0 Å². The number of hydrogen-bond donors (Lipinski definition) is 2. The lowest BCUT2D eigenvalue weighted by Crippen LogP contribution is -1.76. The molecule has 0 aromatic rings. The predicted octanol–water partition coefficient (Wildman–Crippen LogP) is 0.996. The van der Waals surface area contributed by atoms with Crippen LogP contribution in [0.1, 0.15) is 19.8 Å². The maximum absolute atomic E-state index is 8.07. The Hall–Kier alpha value is 0.210. The monoisotopic (exact) mass is 154 g/mol. The fraction of sp³-hybridized carbons (Fsp3) is 1.00. The van der Waals surface area contributed by atoms with Crippen LogP contribution in [0, 0.1) is 0 Å². The van der Waals surface area contributed by atoms with E-state index in [4.69, 9.17) is 21.8 Å². The maximum Gasteiger partial charge on any atom is 0.0566 e. The molecule has 0 amide bonds. The van der Waals surface area contributed by atoms with Crippen LogP contribution in [0.15, 0.2) is 0 Å². The summed E-state index contributed by atoms with van der Waals surface area (Å²) < 4.78 is 0. The van der Waals surface area contributed by atoms with Crippen LogP contribution < -0.4 is 0 Å². The van der Waals surface area contributed by atoms with E-state index in [9.17, 15) is 0 Å². The third-order valence-corrected chi connectivity index (χ3v) is 0.765. The van der Waals surface area contributed by atoms with E-state index in [-0.39, 0.29) is 6.61 Å². The molecular formula is C6H15ClO2. The van der Waals surface area contributed by atoms with E-state index in [1.54, 1.807) is 0 Å². The van der Waals surface area contributed by atoms with Crippen LogP contribution in [0.25, 0.3) is 0 Å². The van der Waals surface area contributed by atoms with Gasteiger partial charge in [0.15, 0.2) is 0 Å². The van der Waals surface area contributed by atoms with E-state index in [1.807, 2.05) is 0 Å². The van der Waals surface area contributed by atoms with Gasteiger partial charge in [0.25, 0.3) is 0 Å². The number of alkyl halides is 1. The van der Waals surface area contributed by atoms with Crippen molar-refractivity contribution in [3.05, 3.63) is 0 Å². The third kappa shape index (κ3) is 30.7. The summed E-state index contributed by atoms with van der Waals surface area (Å²) in [7, 11) is 0. The van der Waals surface area contributed by atoms with Gasteiger partial charge in [0.1, 0.15) is 0 Å². The fourth-order valence-electron chi connectivity index (χ4n) is 0.158. The Labute approximate surface area is 61.5 Å². The third-order valence-electron chi connectivity index (χ3n) is 0.596. The van der Waals surface area contributed by atoms with Crippen LogP contribution >= 0.6 is 11.6 Å². The minimum absolute atomic E-state index is 0.0849. The predicted molar refractivity (Wildman–Crippen MR) is 39.8 cm³/mol. The van der Waals surface area contributed by atoms with Gasteiger partial charge < -0.3 is 10.2 Å². The first-order valence-electron chi connectivity index (χ1n) is 3.11. The van der Waals surface area contributed by atoms with Crippen molar-refractivity contribution in [2.45, 2.75) is 19.8 Å². The van der Waals surface area contributed by atoms with Crippen molar-refractivity contribution in [2.75, 3.05) is 19.1 Å². The molecule has 0 spiro atoms. The van der Waals surface area contributed by atoms with Crippen LogP contribution in [-0.4, -0.2) is 29.3 Å². The lowest BCUT2D eigenvalue weighted by Gasteiger charge is -1.79. The van der Waals surface area contributed by atoms with Crippen molar-refractivity contribution in [2.24, 2.45) is 0 Å². The van der Waals surface area contributed by atoms with Gasteiger partial charge in [0, 0.05) is 12.5 Å². The molecular weight excluding hydrogens is 140 g/mol. The van der Waals surface area contributed by atoms with Gasteiger partial charge in [-0.05, 0) is 6.42 Å². The lowest BCUT2D eigenvalue weighted by molar-refractivity contribution is 0.287. The highest BCUT2D eigenvalue weighted by molar-refractivity contribution is 6.17. The van der Waals surface area contributed by atoms with Crippen LogP contribution in [0.5, 0.6) is 0 Å². The molecule has 58 valence electrons. The summed E-state index contributed by atoms with van der Waals surface area (Å²) in [6.45, 7) is 2.48. The Kier molecular flexibility index (Phi) is 20.9. The molecule has 0 aromatic heterocycles. The summed E-state index contributed by atoms with van der Waals surface area (Å²) in [5.41, 5.74) is 0. The highest BCUT2D eigenvalue weighted by atomic mass is 35.5. The Bertz CT molecular complexity index is 30.2. The quantitative estimate of drug-likeness (QED) is 0.596. The zero-order chi connectivity index (χ0) is 7.54. The average molecular weight is 155 g/mol. The van der Waals surface area contributed by atoms with Gasteiger partial charge in [0.2, 0.25) is 0 Å². The molecule has 0 fully saturated rings. The molecule has 0 aromatic carbocycles. The molecule has 0 atom stereocenters. The van der Waals surface area contributed by atoms with E-state index < -0.39 is 0 Å². The molecule has 0 bridgehead atoms. The molecule has 0 aliphatic rings. The molecule has 0 aliphatic carbocycles. The Morgan fingerprint density at radius 3 is 1.67 bits per heavy atom. The summed E-state index contributed by atoms with van der Waals surface area (Å²) in [4.78, 5) is 0. The molecule has 0 saturated carbocycles. The van der Waals surface area contributed by atoms with Crippen molar-refractivity contribution < 1.29 is 10.2 Å². The van der Waals surface area contributed by atoms with E-state index >= 15 is 0 Å². The molecule has 0 unspecified atom stereocenters. The zero-order valence-corrected chi connectivity index (χ0v) is 6.56. The Balaban J connectivity index is 0. The van der Waals surface area contributed by atoms with Crippen LogP contribution in [0.2, 0.25) is 0 Å². The molecule has 2 N–H and O–H groups in total. The molecule has 0 saturated heterocycles. The highest BCUT2D eigenvalue weighted by Crippen LogP contribution is 1.78. The van der Waals surface area contributed by atoms with Crippen molar-refractivity contribution in [1.82, 2.24) is 0 Å². The first-order chi connectivity index (χ1) is 4.33. The van der Waals surface area contributed by atoms with Gasteiger partial charge in [-0.15, -0.1) is 11.6 Å². The molecule has 3 heteroatoms. The second-order valence-corrected chi connectivity index (χ2v) is 1.87. The summed E-state index contributed by atoms with van der Waals surface area (Å²) in [6.07, 6.45) is 2.04. The van der Waals surface area contributed by atoms with Gasteiger partial charge in [-0.2, -0.15) is 0 Å². The number of rotatable bonds is 3. The topological polar surface area (TPSA) is 40.5 Å². The first kappa shape index (κ1) is 11.9. The fourth-order valence-corrected chi connectivity index (χ4v) is 0.158. The van der Waals surface area contributed by atoms with Crippen LogP contribution in [-0.2, 0) is 0 Å². The second-order valence-electron chi connectivity index (χ2n) is 1.49. The number of halogens is 1. The normalized spacial score (nSPS) is 8.00. The first-order valence-corrected chi connectivity index (χ1v) is 3.64. The minimum atomic E-state index is 0.0849. The summed E-state index contributed by atoms with van der Waals surface area (Å²) >= 11 is 4.94. The Morgan fingerprint density at radius 2 is 1.67 bits per heavy atom. The molecule has 0 radical (unpaired) electrons. The molecule has 9 heavy (non-hydrogen) atoms. The van der Waals surface area contributed by atoms with Crippen molar-refractivity contribution in [3.8, 4) is 0 Å². The highest BCUT2D eigenvalue weighted by Gasteiger charge is 1.69. The maximum atomic E-state index is 8.07. The standard InChI is InChI=1S/C4H10O.C2H5ClO/c1-2-3-4-5;3-1-2-4/h5H,2-4H2,1H3;4H,1-2H2. The smallest absolute Gasteiger partial charge is 0.0566 e. The molecule has 0 rings (SSSR count). The van der Waals surface area contributed by atoms with Crippen molar-refractivity contribution in [1.29, 1.82) is 0 Å². The summed E-state index contributed by atoms with van der Waals surface area (Å²) in [5, 5.41) is 15.8. The SMILES string of the molecule is CCCCO.OCCCl. The second kappa shape index (κ2) is 15.7. The minimum Gasteiger partial charge on any atom is -0.396 e. The van der Waals surface area contributed by atoms with Gasteiger partial charge in [-0.25, -0.2) is 0 Å². The number of aliphatic hydroxyl groups is 2.